The molecular formula is C18H25N3O2. The number of carbonyl (C=O) groups excluding carboxylic acids is 2. The molecule has 2 heterocycles. The Bertz CT molecular complexity index is 546. The van der Waals surface area contributed by atoms with Crippen molar-refractivity contribution in [2.24, 2.45) is 0 Å². The van der Waals surface area contributed by atoms with Crippen molar-refractivity contribution >= 4 is 11.8 Å². The third-order valence-corrected chi connectivity index (χ3v) is 4.88. The molecular weight excluding hydrogens is 290 g/mol. The summed E-state index contributed by atoms with van der Waals surface area (Å²) in [5, 5.41) is 2.91. The Hall–Kier alpha value is -1.88. The van der Waals surface area contributed by atoms with E-state index in [1.165, 1.54) is 5.56 Å². The van der Waals surface area contributed by atoms with Gasteiger partial charge >= 0.3 is 0 Å². The first-order valence-electron chi connectivity index (χ1n) is 8.55. The predicted octanol–water partition coefficient (Wildman–Crippen LogP) is 1.04. The Morgan fingerprint density at radius 3 is 2.70 bits per heavy atom. The normalized spacial score (nSPS) is 23.5. The van der Waals surface area contributed by atoms with Crippen LogP contribution in [0.4, 0.5) is 0 Å². The van der Waals surface area contributed by atoms with Crippen molar-refractivity contribution in [1.82, 2.24) is 15.1 Å². The summed E-state index contributed by atoms with van der Waals surface area (Å²) in [5.41, 5.74) is 1.27. The van der Waals surface area contributed by atoms with E-state index >= 15 is 0 Å². The standard InChI is InChI=1S/C18H25N3O2/c22-17-7-6-16(8-10-19-17)21-13-12-20(18(23)14-21)11-9-15-4-2-1-3-5-15/h1-5,16H,6-14H2,(H,19,22)/t16-/m1/s1. The highest BCUT2D eigenvalue weighted by molar-refractivity contribution is 5.79. The summed E-state index contributed by atoms with van der Waals surface area (Å²) < 4.78 is 0. The summed E-state index contributed by atoms with van der Waals surface area (Å²) in [4.78, 5) is 28.1. The number of amides is 2. The molecule has 1 aromatic rings. The van der Waals surface area contributed by atoms with E-state index in [-0.39, 0.29) is 11.8 Å². The quantitative estimate of drug-likeness (QED) is 0.903. The highest BCUT2D eigenvalue weighted by atomic mass is 16.2. The molecule has 2 aliphatic heterocycles. The Kier molecular flexibility index (Phi) is 5.28. The zero-order valence-electron chi connectivity index (χ0n) is 13.5. The molecule has 0 aromatic heterocycles. The molecule has 5 heteroatoms. The van der Waals surface area contributed by atoms with Gasteiger partial charge in [0.05, 0.1) is 6.54 Å². The molecule has 0 spiro atoms. The van der Waals surface area contributed by atoms with Gasteiger partial charge in [-0.25, -0.2) is 0 Å². The van der Waals surface area contributed by atoms with Crippen LogP contribution in [0.1, 0.15) is 24.8 Å². The van der Waals surface area contributed by atoms with E-state index in [0.717, 1.165) is 45.4 Å². The molecule has 3 rings (SSSR count). The average molecular weight is 315 g/mol. The minimum Gasteiger partial charge on any atom is -0.356 e. The summed E-state index contributed by atoms with van der Waals surface area (Å²) in [6, 6.07) is 10.7. The maximum Gasteiger partial charge on any atom is 0.236 e. The monoisotopic (exact) mass is 315 g/mol. The topological polar surface area (TPSA) is 52.7 Å². The fourth-order valence-corrected chi connectivity index (χ4v) is 3.46. The van der Waals surface area contributed by atoms with E-state index in [0.29, 0.717) is 19.0 Å². The van der Waals surface area contributed by atoms with E-state index in [4.69, 9.17) is 0 Å². The molecule has 2 fully saturated rings. The number of nitrogens with zero attached hydrogens (tertiary/aromatic N) is 2. The first-order valence-corrected chi connectivity index (χ1v) is 8.55. The van der Waals surface area contributed by atoms with Gasteiger partial charge in [-0.1, -0.05) is 30.3 Å². The van der Waals surface area contributed by atoms with Crippen molar-refractivity contribution < 1.29 is 9.59 Å². The number of benzene rings is 1. The molecule has 1 atom stereocenters. The largest absolute Gasteiger partial charge is 0.356 e. The van der Waals surface area contributed by atoms with Crippen LogP contribution in [-0.4, -0.2) is 60.4 Å². The van der Waals surface area contributed by atoms with Gasteiger partial charge in [0.15, 0.2) is 0 Å². The minimum absolute atomic E-state index is 0.139. The molecule has 2 aliphatic rings. The van der Waals surface area contributed by atoms with Crippen LogP contribution in [0.3, 0.4) is 0 Å². The van der Waals surface area contributed by atoms with Gasteiger partial charge in [0.1, 0.15) is 0 Å². The second kappa shape index (κ2) is 7.59. The van der Waals surface area contributed by atoms with E-state index in [1.54, 1.807) is 0 Å². The first-order chi connectivity index (χ1) is 11.2. The molecule has 1 N–H and O–H groups in total. The molecule has 2 amide bonds. The molecule has 124 valence electrons. The van der Waals surface area contributed by atoms with Crippen LogP contribution in [0.25, 0.3) is 0 Å². The number of rotatable bonds is 4. The summed E-state index contributed by atoms with van der Waals surface area (Å²) in [6.07, 6.45) is 3.30. The third kappa shape index (κ3) is 4.32. The van der Waals surface area contributed by atoms with Crippen molar-refractivity contribution in [2.75, 3.05) is 32.7 Å². The summed E-state index contributed by atoms with van der Waals surface area (Å²) in [5.74, 6) is 0.357. The van der Waals surface area contributed by atoms with Gasteiger partial charge in [0.25, 0.3) is 0 Å². The van der Waals surface area contributed by atoms with Gasteiger partial charge in [0, 0.05) is 38.6 Å². The van der Waals surface area contributed by atoms with Crippen LogP contribution < -0.4 is 5.32 Å². The fourth-order valence-electron chi connectivity index (χ4n) is 3.46. The summed E-state index contributed by atoms with van der Waals surface area (Å²) in [7, 11) is 0. The number of hydrogen-bond acceptors (Lipinski definition) is 3. The van der Waals surface area contributed by atoms with Gasteiger partial charge < -0.3 is 10.2 Å². The lowest BCUT2D eigenvalue weighted by atomic mass is 10.1. The van der Waals surface area contributed by atoms with Crippen molar-refractivity contribution in [3.05, 3.63) is 35.9 Å². The zero-order valence-corrected chi connectivity index (χ0v) is 13.5. The second-order valence-corrected chi connectivity index (χ2v) is 6.42. The lowest BCUT2D eigenvalue weighted by Gasteiger charge is -2.38. The van der Waals surface area contributed by atoms with Crippen LogP contribution in [0.15, 0.2) is 30.3 Å². The molecule has 0 aliphatic carbocycles. The Morgan fingerprint density at radius 1 is 1.09 bits per heavy atom. The molecule has 23 heavy (non-hydrogen) atoms. The zero-order chi connectivity index (χ0) is 16.1. The number of nitrogens with one attached hydrogen (secondary N) is 1. The first kappa shape index (κ1) is 16.0. The number of piperazine rings is 1. The lowest BCUT2D eigenvalue weighted by molar-refractivity contribution is -0.137. The molecule has 0 radical (unpaired) electrons. The third-order valence-electron chi connectivity index (χ3n) is 4.88. The molecule has 0 bridgehead atoms. The maximum absolute atomic E-state index is 12.4. The lowest BCUT2D eigenvalue weighted by Crippen LogP contribution is -2.54. The van der Waals surface area contributed by atoms with E-state index in [1.807, 2.05) is 23.1 Å². The van der Waals surface area contributed by atoms with Gasteiger partial charge in [-0.2, -0.15) is 0 Å². The maximum atomic E-state index is 12.4. The smallest absolute Gasteiger partial charge is 0.236 e. The van der Waals surface area contributed by atoms with Gasteiger partial charge in [-0.3, -0.25) is 14.5 Å². The van der Waals surface area contributed by atoms with Crippen LogP contribution >= 0.6 is 0 Å². The highest BCUT2D eigenvalue weighted by Gasteiger charge is 2.29. The van der Waals surface area contributed by atoms with Crippen molar-refractivity contribution in [3.63, 3.8) is 0 Å². The van der Waals surface area contributed by atoms with Gasteiger partial charge in [-0.05, 0) is 24.8 Å². The van der Waals surface area contributed by atoms with Gasteiger partial charge in [-0.15, -0.1) is 0 Å². The number of hydrogen-bond donors (Lipinski definition) is 1. The van der Waals surface area contributed by atoms with Crippen molar-refractivity contribution in [1.29, 1.82) is 0 Å². The molecule has 2 saturated heterocycles. The SMILES string of the molecule is O=C1CC[C@@H](N2CCN(CCc3ccccc3)C(=O)C2)CCN1. The van der Waals surface area contributed by atoms with Crippen LogP contribution in [0, 0.1) is 0 Å². The van der Waals surface area contributed by atoms with Gasteiger partial charge in [0.2, 0.25) is 11.8 Å². The van der Waals surface area contributed by atoms with E-state index in [2.05, 4.69) is 22.3 Å². The van der Waals surface area contributed by atoms with Crippen molar-refractivity contribution in [2.45, 2.75) is 31.7 Å². The van der Waals surface area contributed by atoms with Crippen molar-refractivity contribution in [3.8, 4) is 0 Å². The highest BCUT2D eigenvalue weighted by Crippen LogP contribution is 2.17. The predicted molar refractivity (Wildman–Crippen MR) is 88.9 cm³/mol. The molecule has 0 saturated carbocycles. The van der Waals surface area contributed by atoms with Crippen LogP contribution in [0.5, 0.6) is 0 Å². The summed E-state index contributed by atoms with van der Waals surface area (Å²) in [6.45, 7) is 3.73. The van der Waals surface area contributed by atoms with Crippen LogP contribution in [0.2, 0.25) is 0 Å². The Balaban J connectivity index is 1.49. The van der Waals surface area contributed by atoms with Crippen LogP contribution in [-0.2, 0) is 16.0 Å². The molecule has 5 nitrogen and oxygen atoms in total. The Labute approximate surface area is 137 Å². The molecule has 0 unspecified atom stereocenters. The Morgan fingerprint density at radius 2 is 1.91 bits per heavy atom. The number of carbonyl (C=O) groups is 2. The second-order valence-electron chi connectivity index (χ2n) is 6.42. The minimum atomic E-state index is 0.139. The molecule has 1 aromatic carbocycles. The average Bonchev–Trinajstić information content (AvgIpc) is 2.79. The van der Waals surface area contributed by atoms with E-state index in [9.17, 15) is 9.59 Å². The van der Waals surface area contributed by atoms with E-state index < -0.39 is 0 Å². The summed E-state index contributed by atoms with van der Waals surface area (Å²) >= 11 is 0. The fraction of sp³-hybridized carbons (Fsp3) is 0.556.